The quantitative estimate of drug-likeness (QED) is 0.458. The maximum absolute atomic E-state index is 13.2. The Morgan fingerprint density at radius 3 is 2.71 bits per heavy atom. The van der Waals surface area contributed by atoms with Crippen molar-refractivity contribution in [1.29, 1.82) is 0 Å². The van der Waals surface area contributed by atoms with Crippen molar-refractivity contribution in [3.05, 3.63) is 55.4 Å². The molecule has 1 aromatic carbocycles. The van der Waals surface area contributed by atoms with Gasteiger partial charge in [0.25, 0.3) is 5.56 Å². The van der Waals surface area contributed by atoms with E-state index >= 15 is 0 Å². The summed E-state index contributed by atoms with van der Waals surface area (Å²) in [6, 6.07) is 3.87. The first-order chi connectivity index (χ1) is 16.0. The monoisotopic (exact) mass is 544 g/mol. The van der Waals surface area contributed by atoms with E-state index in [-0.39, 0.29) is 18.4 Å². The minimum absolute atomic E-state index is 0.0281. The molecule has 2 unspecified atom stereocenters. The molecule has 1 saturated heterocycles. The van der Waals surface area contributed by atoms with Crippen molar-refractivity contribution in [3.63, 3.8) is 0 Å². The van der Waals surface area contributed by atoms with Gasteiger partial charge >= 0.3 is 17.8 Å². The minimum atomic E-state index is -4.86. The Bertz CT molecular complexity index is 1370. The molecule has 0 spiro atoms. The normalized spacial score (nSPS) is 17.3. The molecule has 4 rings (SSSR count). The van der Waals surface area contributed by atoms with E-state index in [1.54, 1.807) is 13.0 Å². The van der Waals surface area contributed by atoms with Crippen LogP contribution in [-0.2, 0) is 27.5 Å². The van der Waals surface area contributed by atoms with E-state index < -0.39 is 35.1 Å². The van der Waals surface area contributed by atoms with Crippen LogP contribution in [0.25, 0.3) is 16.6 Å². The smallest absolute Gasteiger partial charge is 0.431 e. The molecule has 13 heteroatoms. The third-order valence-corrected chi connectivity index (χ3v) is 6.24. The van der Waals surface area contributed by atoms with Gasteiger partial charge in [0.15, 0.2) is 0 Å². The van der Waals surface area contributed by atoms with E-state index in [2.05, 4.69) is 21.0 Å². The number of fused-ring (bicyclic) bond motifs is 1. The lowest BCUT2D eigenvalue weighted by Crippen LogP contribution is -2.40. The van der Waals surface area contributed by atoms with Gasteiger partial charge in [0, 0.05) is 25.1 Å². The van der Waals surface area contributed by atoms with Crippen LogP contribution in [0.2, 0.25) is 0 Å². The summed E-state index contributed by atoms with van der Waals surface area (Å²) in [5.74, 6) is -0.555. The highest BCUT2D eigenvalue weighted by Crippen LogP contribution is 2.29. The van der Waals surface area contributed by atoms with E-state index in [9.17, 15) is 27.6 Å². The first-order valence-corrected chi connectivity index (χ1v) is 11.1. The number of alkyl halides is 3. The van der Waals surface area contributed by atoms with Crippen molar-refractivity contribution < 1.29 is 27.4 Å². The van der Waals surface area contributed by atoms with E-state index in [0.29, 0.717) is 37.3 Å². The molecule has 1 fully saturated rings. The molecule has 0 bridgehead atoms. The van der Waals surface area contributed by atoms with Crippen LogP contribution in [0, 0.1) is 0 Å². The molecule has 3 heterocycles. The van der Waals surface area contributed by atoms with Gasteiger partial charge in [0.05, 0.1) is 17.3 Å². The molecule has 9 nitrogen and oxygen atoms in total. The number of benzene rings is 1. The van der Waals surface area contributed by atoms with Crippen molar-refractivity contribution in [1.82, 2.24) is 18.9 Å². The third-order valence-electron chi connectivity index (χ3n) is 5.66. The fourth-order valence-corrected chi connectivity index (χ4v) is 4.33. The zero-order valence-electron chi connectivity index (χ0n) is 18.1. The van der Waals surface area contributed by atoms with E-state index in [4.69, 9.17) is 9.47 Å². The first kappa shape index (κ1) is 24.2. The highest BCUT2D eigenvalue weighted by molar-refractivity contribution is 9.10. The Morgan fingerprint density at radius 2 is 2.06 bits per heavy atom. The van der Waals surface area contributed by atoms with Crippen molar-refractivity contribution in [2.75, 3.05) is 13.2 Å². The molecule has 0 radical (unpaired) electrons. The summed E-state index contributed by atoms with van der Waals surface area (Å²) in [6.45, 7) is 2.32. The van der Waals surface area contributed by atoms with Gasteiger partial charge in [-0.05, 0) is 53.9 Å². The van der Waals surface area contributed by atoms with Crippen LogP contribution in [0.3, 0.4) is 0 Å². The van der Waals surface area contributed by atoms with E-state index in [1.807, 2.05) is 0 Å². The van der Waals surface area contributed by atoms with Gasteiger partial charge in [0.2, 0.25) is 0 Å². The van der Waals surface area contributed by atoms with Crippen LogP contribution >= 0.6 is 15.9 Å². The lowest BCUT2D eigenvalue weighted by atomic mass is 10.2. The fourth-order valence-electron chi connectivity index (χ4n) is 3.83. The number of carbonyl (C=O) groups is 1. The molecule has 0 N–H and O–H groups in total. The molecule has 1 aliphatic rings. The summed E-state index contributed by atoms with van der Waals surface area (Å²) in [6.07, 6.45) is -3.30. The molecular weight excluding hydrogens is 525 g/mol. The summed E-state index contributed by atoms with van der Waals surface area (Å²) in [4.78, 5) is 37.7. The summed E-state index contributed by atoms with van der Waals surface area (Å²) < 4.78 is 53.0. The molecule has 3 aromatic rings. The van der Waals surface area contributed by atoms with Gasteiger partial charge in [-0.15, -0.1) is 0 Å². The van der Waals surface area contributed by atoms with Crippen LogP contribution in [-0.4, -0.2) is 44.2 Å². The number of ether oxygens (including phenoxy) is 2. The SMILES string of the molecule is CC(C(=O)OCC1CCCO1)n1nc(Br)c2ccc(-n3c(=O)cc(C(F)(F)F)n(C)c3=O)cc21. The highest BCUT2D eigenvalue weighted by atomic mass is 79.9. The Kier molecular flexibility index (Phi) is 6.42. The molecule has 1 aliphatic heterocycles. The van der Waals surface area contributed by atoms with Gasteiger partial charge in [-0.2, -0.15) is 18.3 Å². The second-order valence-corrected chi connectivity index (χ2v) is 8.67. The van der Waals surface area contributed by atoms with Crippen molar-refractivity contribution in [3.8, 4) is 5.69 Å². The molecule has 0 aliphatic carbocycles. The van der Waals surface area contributed by atoms with Crippen LogP contribution in [0.1, 0.15) is 31.5 Å². The van der Waals surface area contributed by atoms with Gasteiger partial charge in [-0.3, -0.25) is 9.36 Å². The van der Waals surface area contributed by atoms with Crippen LogP contribution in [0.15, 0.2) is 38.5 Å². The van der Waals surface area contributed by atoms with Crippen LogP contribution in [0.5, 0.6) is 0 Å². The number of hydrogen-bond donors (Lipinski definition) is 0. The lowest BCUT2D eigenvalue weighted by Gasteiger charge is -2.16. The first-order valence-electron chi connectivity index (χ1n) is 10.4. The fraction of sp³-hybridized carbons (Fsp3) is 0.429. The molecule has 0 saturated carbocycles. The van der Waals surface area contributed by atoms with Gasteiger partial charge in [-0.25, -0.2) is 18.8 Å². The number of esters is 1. The topological polar surface area (TPSA) is 97.3 Å². The molecule has 0 amide bonds. The zero-order chi connectivity index (χ0) is 24.8. The number of hydrogen-bond acceptors (Lipinski definition) is 6. The minimum Gasteiger partial charge on any atom is -0.461 e. The standard InChI is InChI=1S/C21H20BrF3N4O5/c1-11(19(31)34-10-13-4-3-7-33-13)29-15-8-12(5-6-14(15)18(22)26-29)28-17(30)9-16(21(23,24)25)27(2)20(28)32/h5-6,8-9,11,13H,3-4,7,10H2,1-2H3. The molecule has 2 aromatic heterocycles. The molecule has 182 valence electrons. The molecule has 2 atom stereocenters. The second-order valence-electron chi connectivity index (χ2n) is 7.92. The Labute approximate surface area is 198 Å². The van der Waals surface area contributed by atoms with Crippen molar-refractivity contribution >= 4 is 32.8 Å². The maximum atomic E-state index is 13.2. The molecular formula is C21H20BrF3N4O5. The number of rotatable bonds is 5. The number of halogens is 4. The van der Waals surface area contributed by atoms with E-state index in [0.717, 1.165) is 19.9 Å². The Morgan fingerprint density at radius 1 is 1.32 bits per heavy atom. The van der Waals surface area contributed by atoms with Gasteiger partial charge in [0.1, 0.15) is 22.9 Å². The largest absolute Gasteiger partial charge is 0.461 e. The number of carbonyl (C=O) groups excluding carboxylic acids is 1. The van der Waals surface area contributed by atoms with E-state index in [1.165, 1.54) is 16.8 Å². The van der Waals surface area contributed by atoms with Crippen LogP contribution in [0.4, 0.5) is 13.2 Å². The summed E-state index contributed by atoms with van der Waals surface area (Å²) in [5.41, 5.74) is -3.24. The predicted molar refractivity (Wildman–Crippen MR) is 118 cm³/mol. The third kappa shape index (κ3) is 4.41. The summed E-state index contributed by atoms with van der Waals surface area (Å²) >= 11 is 3.32. The predicted octanol–water partition coefficient (Wildman–Crippen LogP) is 2.95. The average Bonchev–Trinajstić information content (AvgIpc) is 3.41. The Hall–Kier alpha value is -2.93. The van der Waals surface area contributed by atoms with Crippen LogP contribution < -0.4 is 11.2 Å². The highest BCUT2D eigenvalue weighted by Gasteiger charge is 2.35. The average molecular weight is 545 g/mol. The number of aromatic nitrogens is 4. The van der Waals surface area contributed by atoms with Gasteiger partial charge in [-0.1, -0.05) is 0 Å². The molecule has 34 heavy (non-hydrogen) atoms. The zero-order valence-corrected chi connectivity index (χ0v) is 19.7. The Balaban J connectivity index is 1.73. The summed E-state index contributed by atoms with van der Waals surface area (Å²) in [7, 11) is 0.937. The van der Waals surface area contributed by atoms with Crippen molar-refractivity contribution in [2.24, 2.45) is 7.05 Å². The lowest BCUT2D eigenvalue weighted by molar-refractivity contribution is -0.150. The van der Waals surface area contributed by atoms with Crippen molar-refractivity contribution in [2.45, 2.75) is 38.1 Å². The van der Waals surface area contributed by atoms with Gasteiger partial charge < -0.3 is 9.47 Å². The number of nitrogens with zero attached hydrogens (tertiary/aromatic N) is 4. The second kappa shape index (κ2) is 9.02. The maximum Gasteiger partial charge on any atom is 0.431 e. The summed E-state index contributed by atoms with van der Waals surface area (Å²) in [5, 5.41) is 4.88.